The SMILES string of the molecule is Oc1c(-c2nc(-c3c(F)cccc3F)no2)cccc1-c1ccccc1C(F)(F)F. The number of phenols is 1. The Morgan fingerprint density at radius 3 is 2.07 bits per heavy atom. The number of hydrogen-bond donors (Lipinski definition) is 1. The van der Waals surface area contributed by atoms with Gasteiger partial charge in [0.1, 0.15) is 17.4 Å². The number of aromatic hydroxyl groups is 1. The summed E-state index contributed by atoms with van der Waals surface area (Å²) in [7, 11) is 0. The topological polar surface area (TPSA) is 59.2 Å². The van der Waals surface area contributed by atoms with Gasteiger partial charge in [-0.25, -0.2) is 8.78 Å². The summed E-state index contributed by atoms with van der Waals surface area (Å²) < 4.78 is 73.0. The first-order valence-electron chi connectivity index (χ1n) is 8.54. The second kappa shape index (κ2) is 7.25. The van der Waals surface area contributed by atoms with Gasteiger partial charge in [0.25, 0.3) is 5.89 Å². The van der Waals surface area contributed by atoms with Gasteiger partial charge in [-0.1, -0.05) is 41.6 Å². The fourth-order valence-corrected chi connectivity index (χ4v) is 3.04. The summed E-state index contributed by atoms with van der Waals surface area (Å²) >= 11 is 0. The van der Waals surface area contributed by atoms with Crippen molar-refractivity contribution < 1.29 is 31.6 Å². The predicted molar refractivity (Wildman–Crippen MR) is 97.2 cm³/mol. The molecule has 9 heteroatoms. The van der Waals surface area contributed by atoms with Crippen LogP contribution < -0.4 is 0 Å². The Morgan fingerprint density at radius 1 is 0.767 bits per heavy atom. The molecule has 0 bridgehead atoms. The normalized spacial score (nSPS) is 11.6. The number of rotatable bonds is 3. The molecule has 0 radical (unpaired) electrons. The van der Waals surface area contributed by atoms with Gasteiger partial charge in [-0.3, -0.25) is 0 Å². The van der Waals surface area contributed by atoms with E-state index < -0.39 is 40.5 Å². The van der Waals surface area contributed by atoms with Gasteiger partial charge in [0.2, 0.25) is 5.82 Å². The van der Waals surface area contributed by atoms with Crippen LogP contribution in [-0.2, 0) is 6.18 Å². The van der Waals surface area contributed by atoms with Gasteiger partial charge >= 0.3 is 6.18 Å². The maximum atomic E-state index is 14.0. The molecule has 0 saturated heterocycles. The summed E-state index contributed by atoms with van der Waals surface area (Å²) in [5.74, 6) is -3.09. The predicted octanol–water partition coefficient (Wildman–Crippen LogP) is 6.07. The molecule has 30 heavy (non-hydrogen) atoms. The van der Waals surface area contributed by atoms with Gasteiger partial charge in [-0.15, -0.1) is 0 Å². The van der Waals surface area contributed by atoms with Crippen LogP contribution in [0.5, 0.6) is 5.75 Å². The monoisotopic (exact) mass is 418 g/mol. The van der Waals surface area contributed by atoms with Crippen LogP contribution in [0.3, 0.4) is 0 Å². The molecule has 4 aromatic rings. The van der Waals surface area contributed by atoms with E-state index in [1.807, 2.05) is 0 Å². The van der Waals surface area contributed by atoms with E-state index in [9.17, 15) is 27.1 Å². The molecule has 4 rings (SSSR count). The summed E-state index contributed by atoms with van der Waals surface area (Å²) in [6.07, 6.45) is -4.64. The van der Waals surface area contributed by atoms with Gasteiger partial charge in [0.05, 0.1) is 16.7 Å². The van der Waals surface area contributed by atoms with Gasteiger partial charge in [0.15, 0.2) is 0 Å². The Bertz CT molecular complexity index is 1210. The summed E-state index contributed by atoms with van der Waals surface area (Å²) in [4.78, 5) is 3.90. The van der Waals surface area contributed by atoms with E-state index in [4.69, 9.17) is 4.52 Å². The number of aromatic nitrogens is 2. The molecule has 3 aromatic carbocycles. The van der Waals surface area contributed by atoms with Crippen LogP contribution in [0.15, 0.2) is 65.2 Å². The molecule has 0 fully saturated rings. The van der Waals surface area contributed by atoms with Gasteiger partial charge < -0.3 is 9.63 Å². The smallest absolute Gasteiger partial charge is 0.417 e. The first-order chi connectivity index (χ1) is 14.3. The molecule has 152 valence electrons. The number of phenolic OH excluding ortho intramolecular Hbond substituents is 1. The molecular weight excluding hydrogens is 407 g/mol. The Labute approximate surface area is 166 Å². The van der Waals surface area contributed by atoms with Crippen LogP contribution in [0.4, 0.5) is 22.0 Å². The zero-order valence-electron chi connectivity index (χ0n) is 14.9. The minimum Gasteiger partial charge on any atom is -0.506 e. The van der Waals surface area contributed by atoms with Gasteiger partial charge in [-0.2, -0.15) is 18.2 Å². The van der Waals surface area contributed by atoms with Crippen LogP contribution in [0.2, 0.25) is 0 Å². The number of alkyl halides is 3. The van der Waals surface area contributed by atoms with E-state index in [1.165, 1.54) is 42.5 Å². The molecule has 1 aromatic heterocycles. The summed E-state index contributed by atoms with van der Waals surface area (Å²) in [6, 6.07) is 12.0. The number of hydrogen-bond acceptors (Lipinski definition) is 4. The number of para-hydroxylation sites is 1. The minimum atomic E-state index is -4.64. The molecule has 0 atom stereocenters. The van der Waals surface area contributed by atoms with Gasteiger partial charge in [0, 0.05) is 5.56 Å². The van der Waals surface area contributed by atoms with Crippen molar-refractivity contribution in [2.75, 3.05) is 0 Å². The van der Waals surface area contributed by atoms with Crippen molar-refractivity contribution in [2.24, 2.45) is 0 Å². The van der Waals surface area contributed by atoms with Crippen molar-refractivity contribution in [3.63, 3.8) is 0 Å². The van der Waals surface area contributed by atoms with Crippen molar-refractivity contribution in [1.29, 1.82) is 0 Å². The van der Waals surface area contributed by atoms with Crippen molar-refractivity contribution >= 4 is 0 Å². The molecule has 0 amide bonds. The van der Waals surface area contributed by atoms with Crippen LogP contribution >= 0.6 is 0 Å². The quantitative estimate of drug-likeness (QED) is 0.410. The Morgan fingerprint density at radius 2 is 1.37 bits per heavy atom. The molecule has 0 unspecified atom stereocenters. The van der Waals surface area contributed by atoms with Crippen molar-refractivity contribution in [3.8, 4) is 39.7 Å². The van der Waals surface area contributed by atoms with Crippen molar-refractivity contribution in [1.82, 2.24) is 10.1 Å². The highest BCUT2D eigenvalue weighted by Gasteiger charge is 2.34. The number of nitrogens with zero attached hydrogens (tertiary/aromatic N) is 2. The minimum absolute atomic E-state index is 0.0834. The van der Waals surface area contributed by atoms with E-state index >= 15 is 0 Å². The van der Waals surface area contributed by atoms with Crippen LogP contribution in [0.25, 0.3) is 34.0 Å². The van der Waals surface area contributed by atoms with Gasteiger partial charge in [-0.05, 0) is 29.8 Å². The first-order valence-corrected chi connectivity index (χ1v) is 8.54. The van der Waals surface area contributed by atoms with Crippen LogP contribution in [-0.4, -0.2) is 15.2 Å². The Hall–Kier alpha value is -3.75. The second-order valence-electron chi connectivity index (χ2n) is 6.26. The molecule has 0 saturated carbocycles. The molecule has 4 nitrogen and oxygen atoms in total. The van der Waals surface area contributed by atoms with E-state index in [0.717, 1.165) is 18.2 Å². The van der Waals surface area contributed by atoms with E-state index in [-0.39, 0.29) is 22.6 Å². The zero-order valence-corrected chi connectivity index (χ0v) is 14.9. The van der Waals surface area contributed by atoms with Crippen LogP contribution in [0, 0.1) is 11.6 Å². The molecule has 0 spiro atoms. The highest BCUT2D eigenvalue weighted by molar-refractivity contribution is 5.81. The average molecular weight is 418 g/mol. The van der Waals surface area contributed by atoms with E-state index in [2.05, 4.69) is 10.1 Å². The van der Waals surface area contributed by atoms with Crippen LogP contribution in [0.1, 0.15) is 5.56 Å². The van der Waals surface area contributed by atoms with E-state index in [1.54, 1.807) is 0 Å². The van der Waals surface area contributed by atoms with Crippen molar-refractivity contribution in [3.05, 3.63) is 77.9 Å². The zero-order chi connectivity index (χ0) is 21.5. The summed E-state index contributed by atoms with van der Waals surface area (Å²) in [5, 5.41) is 14.2. The average Bonchev–Trinajstić information content (AvgIpc) is 3.17. The lowest BCUT2D eigenvalue weighted by Gasteiger charge is -2.14. The van der Waals surface area contributed by atoms with Crippen molar-refractivity contribution in [2.45, 2.75) is 6.18 Å². The lowest BCUT2D eigenvalue weighted by atomic mass is 9.96. The number of benzene rings is 3. The molecule has 0 aliphatic heterocycles. The molecular formula is C21H11F5N2O2. The lowest BCUT2D eigenvalue weighted by molar-refractivity contribution is -0.137. The highest BCUT2D eigenvalue weighted by Crippen LogP contribution is 2.43. The first kappa shape index (κ1) is 19.6. The van der Waals surface area contributed by atoms with E-state index in [0.29, 0.717) is 0 Å². The third-order valence-electron chi connectivity index (χ3n) is 4.40. The highest BCUT2D eigenvalue weighted by atomic mass is 19.4. The Kier molecular flexibility index (Phi) is 4.73. The largest absolute Gasteiger partial charge is 0.506 e. The fraction of sp³-hybridized carbons (Fsp3) is 0.0476. The maximum absolute atomic E-state index is 14.0. The molecule has 0 aliphatic rings. The second-order valence-corrected chi connectivity index (χ2v) is 6.26. The number of halogens is 5. The standard InChI is InChI=1S/C21H11F5N2O2/c22-15-9-4-10-16(23)17(15)19-27-20(30-28-19)13-7-3-6-12(18(13)29)11-5-1-2-8-14(11)21(24,25)26/h1-10,29H. The molecule has 0 aliphatic carbocycles. The summed E-state index contributed by atoms with van der Waals surface area (Å²) in [5.41, 5.74) is -1.90. The third-order valence-corrected chi connectivity index (χ3v) is 4.40. The molecule has 1 heterocycles. The maximum Gasteiger partial charge on any atom is 0.417 e. The fourth-order valence-electron chi connectivity index (χ4n) is 3.04. The lowest BCUT2D eigenvalue weighted by Crippen LogP contribution is -2.06. The third kappa shape index (κ3) is 3.38. The summed E-state index contributed by atoms with van der Waals surface area (Å²) in [6.45, 7) is 0. The molecule has 1 N–H and O–H groups in total. The Balaban J connectivity index is 1.83.